The van der Waals surface area contributed by atoms with Crippen LogP contribution in [0.25, 0.3) is 0 Å². The first-order chi connectivity index (χ1) is 6.78. The Morgan fingerprint density at radius 2 is 1.73 bits per heavy atom. The second kappa shape index (κ2) is 4.39. The van der Waals surface area contributed by atoms with Crippen molar-refractivity contribution in [3.63, 3.8) is 0 Å². The van der Waals surface area contributed by atoms with E-state index >= 15 is 0 Å². The van der Waals surface area contributed by atoms with Gasteiger partial charge in [0.2, 0.25) is 0 Å². The zero-order chi connectivity index (χ0) is 11.6. The molecule has 0 spiro atoms. The zero-order valence-electron chi connectivity index (χ0n) is 10.3. The van der Waals surface area contributed by atoms with Gasteiger partial charge in [0.05, 0.1) is 12.2 Å². The summed E-state index contributed by atoms with van der Waals surface area (Å²) < 4.78 is 5.57. The van der Waals surface area contributed by atoms with Gasteiger partial charge in [-0.2, -0.15) is 0 Å². The normalized spacial score (nSPS) is 27.7. The number of amides is 2. The van der Waals surface area contributed by atoms with Crippen LogP contribution in [0.1, 0.15) is 34.6 Å². The van der Waals surface area contributed by atoms with Gasteiger partial charge in [-0.3, -0.25) is 0 Å². The third kappa shape index (κ3) is 4.08. The van der Waals surface area contributed by atoms with Crippen molar-refractivity contribution in [1.82, 2.24) is 10.2 Å². The van der Waals surface area contributed by atoms with Crippen LogP contribution < -0.4 is 5.32 Å². The van der Waals surface area contributed by atoms with E-state index in [2.05, 4.69) is 5.32 Å². The summed E-state index contributed by atoms with van der Waals surface area (Å²) in [6.07, 6.45) is 0.249. The molecule has 0 aromatic carbocycles. The van der Waals surface area contributed by atoms with Gasteiger partial charge in [-0.05, 0) is 34.6 Å². The Balaban J connectivity index is 2.52. The number of nitrogens with zero attached hydrogens (tertiary/aromatic N) is 1. The summed E-state index contributed by atoms with van der Waals surface area (Å²) in [5.41, 5.74) is -0.179. The second-order valence-electron chi connectivity index (χ2n) is 5.34. The number of morpholine rings is 1. The fourth-order valence-electron chi connectivity index (χ4n) is 1.74. The van der Waals surface area contributed by atoms with Gasteiger partial charge in [0.15, 0.2) is 0 Å². The van der Waals surface area contributed by atoms with Crippen molar-refractivity contribution in [2.75, 3.05) is 13.1 Å². The third-order valence-electron chi connectivity index (χ3n) is 2.19. The second-order valence-corrected chi connectivity index (χ2v) is 5.34. The highest BCUT2D eigenvalue weighted by atomic mass is 16.5. The molecule has 1 saturated heterocycles. The van der Waals surface area contributed by atoms with Crippen LogP contribution in [0.3, 0.4) is 0 Å². The lowest BCUT2D eigenvalue weighted by molar-refractivity contribution is -0.0550. The van der Waals surface area contributed by atoms with E-state index in [1.54, 1.807) is 0 Å². The fraction of sp³-hybridized carbons (Fsp3) is 0.909. The minimum absolute atomic E-state index is 0.00417. The average Bonchev–Trinajstić information content (AvgIpc) is 1.98. The van der Waals surface area contributed by atoms with Gasteiger partial charge in [0, 0.05) is 18.6 Å². The van der Waals surface area contributed by atoms with E-state index in [4.69, 9.17) is 4.74 Å². The number of rotatable bonds is 0. The van der Waals surface area contributed by atoms with E-state index in [-0.39, 0.29) is 23.8 Å². The van der Waals surface area contributed by atoms with Crippen molar-refractivity contribution in [3.05, 3.63) is 0 Å². The van der Waals surface area contributed by atoms with E-state index in [1.165, 1.54) is 0 Å². The van der Waals surface area contributed by atoms with E-state index < -0.39 is 0 Å². The Morgan fingerprint density at radius 3 is 2.13 bits per heavy atom. The number of ether oxygens (including phenoxy) is 1. The zero-order valence-corrected chi connectivity index (χ0v) is 10.3. The molecular formula is C11H22N2O2. The minimum atomic E-state index is -0.179. The first kappa shape index (κ1) is 12.3. The lowest BCUT2D eigenvalue weighted by Crippen LogP contribution is -2.55. The fourth-order valence-corrected chi connectivity index (χ4v) is 1.74. The van der Waals surface area contributed by atoms with E-state index in [0.29, 0.717) is 13.1 Å². The molecule has 2 atom stereocenters. The summed E-state index contributed by atoms with van der Waals surface area (Å²) in [6.45, 7) is 11.3. The smallest absolute Gasteiger partial charge is 0.317 e. The SMILES string of the molecule is C[C@@H]1CN(C(=O)NC(C)(C)C)C[C@H](C)O1. The van der Waals surface area contributed by atoms with E-state index in [0.717, 1.165) is 0 Å². The lowest BCUT2D eigenvalue weighted by atomic mass is 10.1. The van der Waals surface area contributed by atoms with Crippen molar-refractivity contribution in [3.8, 4) is 0 Å². The predicted octanol–water partition coefficient (Wildman–Crippen LogP) is 1.60. The van der Waals surface area contributed by atoms with Gasteiger partial charge in [0.25, 0.3) is 0 Å². The molecule has 1 aliphatic rings. The molecule has 1 heterocycles. The van der Waals surface area contributed by atoms with Crippen LogP contribution in [0, 0.1) is 0 Å². The highest BCUT2D eigenvalue weighted by molar-refractivity contribution is 5.75. The number of nitrogens with one attached hydrogen (secondary N) is 1. The molecule has 1 rings (SSSR count). The van der Waals surface area contributed by atoms with Gasteiger partial charge in [-0.25, -0.2) is 4.79 Å². The van der Waals surface area contributed by atoms with Crippen molar-refractivity contribution < 1.29 is 9.53 Å². The summed E-state index contributed by atoms with van der Waals surface area (Å²) in [5.74, 6) is 0. The molecule has 0 aromatic rings. The minimum Gasteiger partial charge on any atom is -0.372 e. The van der Waals surface area contributed by atoms with Crippen molar-refractivity contribution in [1.29, 1.82) is 0 Å². The molecule has 4 heteroatoms. The van der Waals surface area contributed by atoms with Crippen molar-refractivity contribution in [2.24, 2.45) is 0 Å². The van der Waals surface area contributed by atoms with Crippen LogP contribution in [0.2, 0.25) is 0 Å². The molecule has 0 aliphatic carbocycles. The monoisotopic (exact) mass is 214 g/mol. The molecule has 1 N–H and O–H groups in total. The molecule has 2 amide bonds. The van der Waals surface area contributed by atoms with Gasteiger partial charge in [-0.15, -0.1) is 0 Å². The lowest BCUT2D eigenvalue weighted by Gasteiger charge is -2.36. The molecule has 1 aliphatic heterocycles. The quantitative estimate of drug-likeness (QED) is 0.665. The summed E-state index contributed by atoms with van der Waals surface area (Å²) in [6, 6.07) is 0.00417. The summed E-state index contributed by atoms with van der Waals surface area (Å²) in [7, 11) is 0. The average molecular weight is 214 g/mol. The summed E-state index contributed by atoms with van der Waals surface area (Å²) in [4.78, 5) is 13.7. The van der Waals surface area contributed by atoms with Gasteiger partial charge in [-0.1, -0.05) is 0 Å². The topological polar surface area (TPSA) is 41.6 Å². The molecule has 0 bridgehead atoms. The number of carbonyl (C=O) groups excluding carboxylic acids is 1. The standard InChI is InChI=1S/C11H22N2O2/c1-8-6-13(7-9(2)15-8)10(14)12-11(3,4)5/h8-9H,6-7H2,1-5H3,(H,12,14)/t8-,9+. The highest BCUT2D eigenvalue weighted by Gasteiger charge is 2.27. The molecule has 1 fully saturated rings. The molecule has 0 saturated carbocycles. The Kier molecular flexibility index (Phi) is 3.60. The molecular weight excluding hydrogens is 192 g/mol. The van der Waals surface area contributed by atoms with Crippen molar-refractivity contribution in [2.45, 2.75) is 52.4 Å². The molecule has 0 aromatic heterocycles. The van der Waals surface area contributed by atoms with E-state index in [1.807, 2.05) is 39.5 Å². The molecule has 0 unspecified atom stereocenters. The van der Waals surface area contributed by atoms with Crippen LogP contribution in [0.4, 0.5) is 4.79 Å². The van der Waals surface area contributed by atoms with E-state index in [9.17, 15) is 4.79 Å². The van der Waals surface area contributed by atoms with Gasteiger partial charge < -0.3 is 15.0 Å². The first-order valence-electron chi connectivity index (χ1n) is 5.50. The van der Waals surface area contributed by atoms with Crippen LogP contribution in [0.5, 0.6) is 0 Å². The summed E-state index contributed by atoms with van der Waals surface area (Å²) >= 11 is 0. The molecule has 0 radical (unpaired) electrons. The third-order valence-corrected chi connectivity index (χ3v) is 2.19. The maximum Gasteiger partial charge on any atom is 0.317 e. The van der Waals surface area contributed by atoms with Crippen LogP contribution in [-0.2, 0) is 4.74 Å². The van der Waals surface area contributed by atoms with Crippen LogP contribution >= 0.6 is 0 Å². The first-order valence-corrected chi connectivity index (χ1v) is 5.50. The maximum absolute atomic E-state index is 11.9. The number of carbonyl (C=O) groups is 1. The maximum atomic E-state index is 11.9. The Labute approximate surface area is 92.0 Å². The summed E-state index contributed by atoms with van der Waals surface area (Å²) in [5, 5.41) is 2.96. The number of urea groups is 1. The molecule has 88 valence electrons. The number of hydrogen-bond donors (Lipinski definition) is 1. The highest BCUT2D eigenvalue weighted by Crippen LogP contribution is 2.11. The largest absolute Gasteiger partial charge is 0.372 e. The van der Waals surface area contributed by atoms with Crippen molar-refractivity contribution >= 4 is 6.03 Å². The predicted molar refractivity (Wildman–Crippen MR) is 59.9 cm³/mol. The van der Waals surface area contributed by atoms with Crippen LogP contribution in [0.15, 0.2) is 0 Å². The Morgan fingerprint density at radius 1 is 1.27 bits per heavy atom. The van der Waals surface area contributed by atoms with Gasteiger partial charge in [0.1, 0.15) is 0 Å². The Hall–Kier alpha value is -0.770. The Bertz CT molecular complexity index is 225. The molecule has 15 heavy (non-hydrogen) atoms. The van der Waals surface area contributed by atoms with Gasteiger partial charge >= 0.3 is 6.03 Å². The van der Waals surface area contributed by atoms with Crippen LogP contribution in [-0.4, -0.2) is 41.8 Å². The number of hydrogen-bond acceptors (Lipinski definition) is 2. The molecule has 4 nitrogen and oxygen atoms in total.